The van der Waals surface area contributed by atoms with Crippen molar-refractivity contribution in [2.75, 3.05) is 38.7 Å². The van der Waals surface area contributed by atoms with Crippen LogP contribution >= 0.6 is 0 Å². The van der Waals surface area contributed by atoms with Gasteiger partial charge in [0.25, 0.3) is 0 Å². The SMILES string of the molecule is CCOc1cc(N2CCCC(N(C)C)C2)ncn1. The van der Waals surface area contributed by atoms with E-state index < -0.39 is 0 Å². The molecule has 2 rings (SSSR count). The molecule has 18 heavy (non-hydrogen) atoms. The summed E-state index contributed by atoms with van der Waals surface area (Å²) in [6, 6.07) is 2.53. The first-order chi connectivity index (χ1) is 8.70. The van der Waals surface area contributed by atoms with Crippen LogP contribution in [0.2, 0.25) is 0 Å². The van der Waals surface area contributed by atoms with E-state index in [9.17, 15) is 0 Å². The zero-order valence-electron chi connectivity index (χ0n) is 11.5. The van der Waals surface area contributed by atoms with Gasteiger partial charge >= 0.3 is 0 Å². The number of likely N-dealkylation sites (N-methyl/N-ethyl adjacent to an activating group) is 1. The smallest absolute Gasteiger partial charge is 0.218 e. The molecule has 1 fully saturated rings. The van der Waals surface area contributed by atoms with E-state index in [1.807, 2.05) is 13.0 Å². The molecule has 0 amide bonds. The van der Waals surface area contributed by atoms with Gasteiger partial charge in [-0.05, 0) is 33.9 Å². The summed E-state index contributed by atoms with van der Waals surface area (Å²) in [5.74, 6) is 1.63. The van der Waals surface area contributed by atoms with Gasteiger partial charge in [0, 0.05) is 25.2 Å². The van der Waals surface area contributed by atoms with Crippen LogP contribution in [0.3, 0.4) is 0 Å². The highest BCUT2D eigenvalue weighted by atomic mass is 16.5. The van der Waals surface area contributed by atoms with E-state index in [0.29, 0.717) is 18.5 Å². The summed E-state index contributed by atoms with van der Waals surface area (Å²) in [5, 5.41) is 0. The van der Waals surface area contributed by atoms with Crippen LogP contribution in [-0.2, 0) is 0 Å². The summed E-state index contributed by atoms with van der Waals surface area (Å²) in [7, 11) is 4.28. The van der Waals surface area contributed by atoms with Crippen LogP contribution in [0.15, 0.2) is 12.4 Å². The van der Waals surface area contributed by atoms with Crippen molar-refractivity contribution < 1.29 is 4.74 Å². The molecule has 100 valence electrons. The maximum absolute atomic E-state index is 5.42. The molecule has 1 aliphatic heterocycles. The van der Waals surface area contributed by atoms with Crippen molar-refractivity contribution in [2.24, 2.45) is 0 Å². The first-order valence-electron chi connectivity index (χ1n) is 6.57. The molecule has 2 heterocycles. The van der Waals surface area contributed by atoms with Gasteiger partial charge in [-0.2, -0.15) is 0 Å². The predicted molar refractivity (Wildman–Crippen MR) is 72.1 cm³/mol. The molecular weight excluding hydrogens is 228 g/mol. The Bertz CT molecular complexity index is 383. The van der Waals surface area contributed by atoms with Crippen molar-refractivity contribution in [1.82, 2.24) is 14.9 Å². The Hall–Kier alpha value is -1.36. The van der Waals surface area contributed by atoms with Gasteiger partial charge in [0.1, 0.15) is 12.1 Å². The molecular formula is C13H22N4O. The van der Waals surface area contributed by atoms with Crippen LogP contribution in [0.4, 0.5) is 5.82 Å². The molecule has 1 aliphatic rings. The van der Waals surface area contributed by atoms with Crippen molar-refractivity contribution in [3.05, 3.63) is 12.4 Å². The first-order valence-corrected chi connectivity index (χ1v) is 6.57. The molecule has 0 aromatic carbocycles. The minimum absolute atomic E-state index is 0.601. The normalized spacial score (nSPS) is 20.2. The first kappa shape index (κ1) is 13.1. The highest BCUT2D eigenvalue weighted by Crippen LogP contribution is 2.21. The number of ether oxygens (including phenoxy) is 1. The lowest BCUT2D eigenvalue weighted by Crippen LogP contribution is -2.45. The van der Waals surface area contributed by atoms with Crippen molar-refractivity contribution in [3.8, 4) is 5.88 Å². The summed E-state index contributed by atoms with van der Waals surface area (Å²) >= 11 is 0. The second-order valence-electron chi connectivity index (χ2n) is 4.85. The Morgan fingerprint density at radius 3 is 3.00 bits per heavy atom. The van der Waals surface area contributed by atoms with Crippen LogP contribution in [-0.4, -0.2) is 54.7 Å². The van der Waals surface area contributed by atoms with Crippen LogP contribution < -0.4 is 9.64 Å². The zero-order chi connectivity index (χ0) is 13.0. The standard InChI is InChI=1S/C13H22N4O/c1-4-18-13-8-12(14-10-15-13)17-7-5-6-11(9-17)16(2)3/h8,10-11H,4-7,9H2,1-3H3. The average molecular weight is 250 g/mol. The molecule has 1 aromatic rings. The minimum Gasteiger partial charge on any atom is -0.478 e. The highest BCUT2D eigenvalue weighted by Gasteiger charge is 2.22. The van der Waals surface area contributed by atoms with Gasteiger partial charge in [0.05, 0.1) is 6.61 Å². The molecule has 0 N–H and O–H groups in total. The van der Waals surface area contributed by atoms with Gasteiger partial charge < -0.3 is 14.5 Å². The highest BCUT2D eigenvalue weighted by molar-refractivity contribution is 5.41. The van der Waals surface area contributed by atoms with Crippen molar-refractivity contribution in [1.29, 1.82) is 0 Å². The van der Waals surface area contributed by atoms with E-state index in [1.54, 1.807) is 6.33 Å². The topological polar surface area (TPSA) is 41.5 Å². The predicted octanol–water partition coefficient (Wildman–Crippen LogP) is 1.41. The lowest BCUT2D eigenvalue weighted by molar-refractivity contribution is 0.257. The second-order valence-corrected chi connectivity index (χ2v) is 4.85. The minimum atomic E-state index is 0.601. The quantitative estimate of drug-likeness (QED) is 0.808. The molecule has 0 saturated carbocycles. The third-order valence-corrected chi connectivity index (χ3v) is 3.37. The third kappa shape index (κ3) is 3.10. The Morgan fingerprint density at radius 1 is 1.44 bits per heavy atom. The number of rotatable bonds is 4. The summed E-state index contributed by atoms with van der Waals surface area (Å²) in [5.41, 5.74) is 0. The van der Waals surface area contributed by atoms with Gasteiger partial charge in [-0.3, -0.25) is 0 Å². The Balaban J connectivity index is 2.08. The summed E-state index contributed by atoms with van der Waals surface area (Å²) in [6.45, 7) is 4.68. The van der Waals surface area contributed by atoms with Gasteiger partial charge in [-0.1, -0.05) is 0 Å². The average Bonchev–Trinajstić information content (AvgIpc) is 2.39. The Labute approximate surface area is 109 Å². The Kier molecular flexibility index (Phi) is 4.36. The monoisotopic (exact) mass is 250 g/mol. The fourth-order valence-electron chi connectivity index (χ4n) is 2.31. The van der Waals surface area contributed by atoms with Gasteiger partial charge in [-0.15, -0.1) is 0 Å². The van der Waals surface area contributed by atoms with Crippen LogP contribution in [0, 0.1) is 0 Å². The molecule has 1 aromatic heterocycles. The molecule has 1 saturated heterocycles. The molecule has 0 radical (unpaired) electrons. The summed E-state index contributed by atoms with van der Waals surface area (Å²) in [6.07, 6.45) is 4.04. The lowest BCUT2D eigenvalue weighted by Gasteiger charge is -2.36. The summed E-state index contributed by atoms with van der Waals surface area (Å²) < 4.78 is 5.42. The number of hydrogen-bond acceptors (Lipinski definition) is 5. The largest absolute Gasteiger partial charge is 0.478 e. The van der Waals surface area contributed by atoms with Crippen LogP contribution in [0.1, 0.15) is 19.8 Å². The van der Waals surface area contributed by atoms with E-state index in [-0.39, 0.29) is 0 Å². The fraction of sp³-hybridized carbons (Fsp3) is 0.692. The van der Waals surface area contributed by atoms with Gasteiger partial charge in [-0.25, -0.2) is 9.97 Å². The third-order valence-electron chi connectivity index (χ3n) is 3.37. The molecule has 0 bridgehead atoms. The van der Waals surface area contributed by atoms with Gasteiger partial charge in [0.2, 0.25) is 5.88 Å². The molecule has 5 nitrogen and oxygen atoms in total. The summed E-state index contributed by atoms with van der Waals surface area (Å²) in [4.78, 5) is 13.1. The van der Waals surface area contributed by atoms with E-state index in [2.05, 4.69) is 33.9 Å². The Morgan fingerprint density at radius 2 is 2.28 bits per heavy atom. The van der Waals surface area contributed by atoms with Gasteiger partial charge in [0.15, 0.2) is 0 Å². The number of aromatic nitrogens is 2. The number of piperidine rings is 1. The van der Waals surface area contributed by atoms with Crippen molar-refractivity contribution in [2.45, 2.75) is 25.8 Å². The molecule has 5 heteroatoms. The number of hydrogen-bond donors (Lipinski definition) is 0. The number of nitrogens with zero attached hydrogens (tertiary/aromatic N) is 4. The maximum Gasteiger partial charge on any atom is 0.218 e. The fourth-order valence-corrected chi connectivity index (χ4v) is 2.31. The van der Waals surface area contributed by atoms with E-state index in [0.717, 1.165) is 18.9 Å². The molecule has 0 spiro atoms. The van der Waals surface area contributed by atoms with Crippen LogP contribution in [0.25, 0.3) is 0 Å². The second kappa shape index (κ2) is 6.00. The van der Waals surface area contributed by atoms with E-state index >= 15 is 0 Å². The van der Waals surface area contributed by atoms with E-state index in [1.165, 1.54) is 12.8 Å². The van der Waals surface area contributed by atoms with Crippen molar-refractivity contribution in [3.63, 3.8) is 0 Å². The number of anilines is 1. The lowest BCUT2D eigenvalue weighted by atomic mass is 10.1. The zero-order valence-corrected chi connectivity index (χ0v) is 11.5. The van der Waals surface area contributed by atoms with E-state index in [4.69, 9.17) is 4.74 Å². The molecule has 1 unspecified atom stereocenters. The van der Waals surface area contributed by atoms with Crippen LogP contribution in [0.5, 0.6) is 5.88 Å². The van der Waals surface area contributed by atoms with Crippen molar-refractivity contribution >= 4 is 5.82 Å². The molecule has 0 aliphatic carbocycles. The maximum atomic E-state index is 5.42. The molecule has 1 atom stereocenters.